The Morgan fingerprint density at radius 3 is 2.60 bits per heavy atom. The number of nitrogens with zero attached hydrogens (tertiary/aromatic N) is 2. The summed E-state index contributed by atoms with van der Waals surface area (Å²) >= 11 is 0. The van der Waals surface area contributed by atoms with Crippen molar-refractivity contribution in [3.63, 3.8) is 0 Å². The summed E-state index contributed by atoms with van der Waals surface area (Å²) in [6.45, 7) is 4.94. The van der Waals surface area contributed by atoms with E-state index in [1.165, 1.54) is 12.1 Å². The van der Waals surface area contributed by atoms with E-state index >= 15 is 0 Å². The molecule has 2 N–H and O–H groups in total. The van der Waals surface area contributed by atoms with Gasteiger partial charge in [0, 0.05) is 19.4 Å². The summed E-state index contributed by atoms with van der Waals surface area (Å²) in [5.74, 6) is -1.79. The van der Waals surface area contributed by atoms with E-state index in [1.54, 1.807) is 39.0 Å². The first-order valence-corrected chi connectivity index (χ1v) is 11.3. The van der Waals surface area contributed by atoms with Crippen LogP contribution in [0.3, 0.4) is 0 Å². The van der Waals surface area contributed by atoms with Crippen LogP contribution in [-0.4, -0.2) is 61.6 Å². The maximum Gasteiger partial charge on any atom is 0.316 e. The van der Waals surface area contributed by atoms with Gasteiger partial charge in [-0.1, -0.05) is 18.2 Å². The lowest BCUT2D eigenvalue weighted by Gasteiger charge is -2.55. The molecule has 3 rings (SSSR count). The van der Waals surface area contributed by atoms with Crippen molar-refractivity contribution in [2.24, 2.45) is 5.92 Å². The number of quaternary nitrogens is 1. The predicted molar refractivity (Wildman–Crippen MR) is 107 cm³/mol. The average molecular weight is 441 g/mol. The Morgan fingerprint density at radius 2 is 1.97 bits per heavy atom. The van der Waals surface area contributed by atoms with E-state index in [4.69, 9.17) is 4.74 Å². The Balaban J connectivity index is 1.89. The molecule has 166 valence electrons. The number of amides is 1. The monoisotopic (exact) mass is 440 g/mol. The molecule has 10 nitrogen and oxygen atoms in total. The second-order valence-corrected chi connectivity index (χ2v) is 10.3. The molecule has 0 radical (unpaired) electrons. The molecular formula is C19H28N4O6S. The number of sulfonamides is 1. The van der Waals surface area contributed by atoms with Gasteiger partial charge in [-0.15, -0.1) is 0 Å². The first-order valence-electron chi connectivity index (χ1n) is 9.83. The van der Waals surface area contributed by atoms with Gasteiger partial charge in [-0.05, 0) is 32.9 Å². The molecule has 30 heavy (non-hydrogen) atoms. The summed E-state index contributed by atoms with van der Waals surface area (Å²) in [6, 6.07) is 7.71. The summed E-state index contributed by atoms with van der Waals surface area (Å²) in [5, 5.41) is 17.9. The molecule has 1 aromatic carbocycles. The Labute approximate surface area is 176 Å². The van der Waals surface area contributed by atoms with Crippen LogP contribution in [0.25, 0.3) is 0 Å². The average Bonchev–Trinajstić information content (AvgIpc) is 2.84. The standard InChI is InChI=1S/C19H28N4O6S/c1-19(2,3)29-18(25)14-11-20-13-22-17(24)10-9-16(23(22,26)12-14)21-30(27,28)15-7-5-4-6-8-15/h4-8,14,16,20-21H,9-13H2,1-3H3. The number of esters is 1. The molecule has 0 aromatic heterocycles. The van der Waals surface area contributed by atoms with Crippen molar-refractivity contribution in [2.75, 3.05) is 19.8 Å². The van der Waals surface area contributed by atoms with Gasteiger partial charge in [0.1, 0.15) is 24.7 Å². The van der Waals surface area contributed by atoms with E-state index in [-0.39, 0.29) is 37.5 Å². The zero-order chi connectivity index (χ0) is 22.2. The normalized spacial score (nSPS) is 27.9. The number of fused-ring (bicyclic) bond motifs is 1. The number of ether oxygens (including phenoxy) is 1. The number of hydrogen-bond acceptors (Lipinski definition) is 7. The van der Waals surface area contributed by atoms with Crippen molar-refractivity contribution >= 4 is 21.9 Å². The summed E-state index contributed by atoms with van der Waals surface area (Å²) in [6.07, 6.45) is -1.08. The summed E-state index contributed by atoms with van der Waals surface area (Å²) in [7, 11) is -3.98. The van der Waals surface area contributed by atoms with Gasteiger partial charge in [-0.2, -0.15) is 9.73 Å². The largest absolute Gasteiger partial charge is 0.605 e. The SMILES string of the molecule is CC(C)(C)OC(=O)C1CNCN2C(=O)CCC(NS(=O)(=O)c3ccccc3)[N+]2([O-])C1. The number of rotatable bonds is 4. The summed E-state index contributed by atoms with van der Waals surface area (Å²) in [4.78, 5) is 25.1. The minimum atomic E-state index is -3.98. The molecule has 0 saturated carbocycles. The maximum atomic E-state index is 13.9. The van der Waals surface area contributed by atoms with Crippen LogP contribution in [0.15, 0.2) is 35.2 Å². The number of hydrogen-bond donors (Lipinski definition) is 2. The van der Waals surface area contributed by atoms with Gasteiger partial charge in [-0.25, -0.2) is 13.2 Å². The highest BCUT2D eigenvalue weighted by Gasteiger charge is 2.49. The molecule has 1 aromatic rings. The van der Waals surface area contributed by atoms with Crippen molar-refractivity contribution < 1.29 is 27.5 Å². The van der Waals surface area contributed by atoms with Gasteiger partial charge in [0.25, 0.3) is 5.91 Å². The lowest BCUT2D eigenvalue weighted by molar-refractivity contribution is -1.01. The first kappa shape index (κ1) is 22.6. The highest BCUT2D eigenvalue weighted by atomic mass is 32.2. The van der Waals surface area contributed by atoms with Crippen molar-refractivity contribution in [3.05, 3.63) is 35.5 Å². The molecule has 0 spiro atoms. The van der Waals surface area contributed by atoms with E-state index in [0.29, 0.717) is 0 Å². The van der Waals surface area contributed by atoms with E-state index in [9.17, 15) is 23.2 Å². The second kappa shape index (κ2) is 8.23. The quantitative estimate of drug-likeness (QED) is 0.400. The van der Waals surface area contributed by atoms with Gasteiger partial charge >= 0.3 is 5.97 Å². The van der Waals surface area contributed by atoms with Crippen LogP contribution in [0.4, 0.5) is 0 Å². The van der Waals surface area contributed by atoms with Crippen molar-refractivity contribution in [1.29, 1.82) is 0 Å². The lowest BCUT2D eigenvalue weighted by Crippen LogP contribution is -2.71. The zero-order valence-electron chi connectivity index (χ0n) is 17.3. The summed E-state index contributed by atoms with van der Waals surface area (Å²) < 4.78 is 32.2. The molecule has 2 aliphatic rings. The summed E-state index contributed by atoms with van der Waals surface area (Å²) in [5.41, 5.74) is -0.733. The number of hydroxylamine groups is 2. The van der Waals surface area contributed by atoms with Crippen molar-refractivity contribution in [3.8, 4) is 0 Å². The third-order valence-corrected chi connectivity index (χ3v) is 6.51. The third-order valence-electron chi connectivity index (χ3n) is 5.03. The Kier molecular flexibility index (Phi) is 6.21. The maximum absolute atomic E-state index is 13.9. The van der Waals surface area contributed by atoms with Crippen LogP contribution in [0.2, 0.25) is 0 Å². The van der Waals surface area contributed by atoms with Gasteiger partial charge < -0.3 is 9.94 Å². The number of nitrogens with one attached hydrogen (secondary N) is 2. The van der Waals surface area contributed by atoms with E-state index in [1.807, 2.05) is 0 Å². The van der Waals surface area contributed by atoms with Crippen LogP contribution < -0.4 is 10.0 Å². The van der Waals surface area contributed by atoms with Gasteiger partial charge in [0.15, 0.2) is 6.17 Å². The minimum absolute atomic E-state index is 0.0247. The highest BCUT2D eigenvalue weighted by Crippen LogP contribution is 2.30. The molecule has 3 unspecified atom stereocenters. The molecule has 2 saturated heterocycles. The first-order chi connectivity index (χ1) is 13.9. The number of benzene rings is 1. The zero-order valence-corrected chi connectivity index (χ0v) is 18.1. The molecule has 2 heterocycles. The fourth-order valence-corrected chi connectivity index (χ4v) is 4.93. The molecule has 0 aliphatic carbocycles. The fraction of sp³-hybridized carbons (Fsp3) is 0.579. The Bertz CT molecular complexity index is 901. The molecule has 2 fully saturated rings. The van der Waals surface area contributed by atoms with Crippen LogP contribution in [0.5, 0.6) is 0 Å². The van der Waals surface area contributed by atoms with Gasteiger partial charge in [0.05, 0.1) is 4.90 Å². The third kappa shape index (κ3) is 4.81. The number of carbonyl (C=O) groups excluding carboxylic acids is 2. The van der Waals surface area contributed by atoms with Crippen LogP contribution in [0, 0.1) is 11.1 Å². The van der Waals surface area contributed by atoms with E-state index in [2.05, 4.69) is 10.0 Å². The Morgan fingerprint density at radius 1 is 1.30 bits per heavy atom. The van der Waals surface area contributed by atoms with Gasteiger partial charge in [0.2, 0.25) is 10.0 Å². The molecule has 0 bridgehead atoms. The van der Waals surface area contributed by atoms with Crippen LogP contribution in [0.1, 0.15) is 33.6 Å². The molecule has 11 heteroatoms. The molecule has 2 aliphatic heterocycles. The predicted octanol–water partition coefficient (Wildman–Crippen LogP) is 0.662. The van der Waals surface area contributed by atoms with E-state index < -0.39 is 44.3 Å². The topological polar surface area (TPSA) is 128 Å². The molecule has 1 amide bonds. The van der Waals surface area contributed by atoms with Crippen LogP contribution in [-0.2, 0) is 24.3 Å². The van der Waals surface area contributed by atoms with Gasteiger partial charge in [-0.3, -0.25) is 14.9 Å². The fourth-order valence-electron chi connectivity index (χ4n) is 3.64. The minimum Gasteiger partial charge on any atom is -0.605 e. The lowest BCUT2D eigenvalue weighted by atomic mass is 10.1. The number of carbonyl (C=O) groups is 2. The highest BCUT2D eigenvalue weighted by molar-refractivity contribution is 7.89. The Hall–Kier alpha value is -2.05. The smallest absolute Gasteiger partial charge is 0.316 e. The van der Waals surface area contributed by atoms with Crippen molar-refractivity contribution in [2.45, 2.75) is 50.3 Å². The van der Waals surface area contributed by atoms with E-state index in [0.717, 1.165) is 5.01 Å². The second-order valence-electron chi connectivity index (χ2n) is 8.56. The van der Waals surface area contributed by atoms with Crippen LogP contribution >= 0.6 is 0 Å². The van der Waals surface area contributed by atoms with Crippen molar-refractivity contribution in [1.82, 2.24) is 15.0 Å². The molecular weight excluding hydrogens is 412 g/mol. The molecule has 3 atom stereocenters.